The Morgan fingerprint density at radius 3 is 2.56 bits per heavy atom. The second kappa shape index (κ2) is 4.27. The summed E-state index contributed by atoms with van der Waals surface area (Å²) in [7, 11) is 0. The number of rotatable bonds is 2. The SMILES string of the molecule is N[C@H](c1ccsc1)c1cc(F)cc(F)c1F. The first-order valence-electron chi connectivity index (χ1n) is 4.51. The van der Waals surface area contributed by atoms with Gasteiger partial charge < -0.3 is 5.73 Å². The summed E-state index contributed by atoms with van der Waals surface area (Å²) in [5, 5.41) is 3.48. The molecule has 0 spiro atoms. The Bertz CT molecular complexity index is 496. The van der Waals surface area contributed by atoms with E-state index in [1.165, 1.54) is 11.3 Å². The Labute approximate surface area is 94.3 Å². The molecule has 2 rings (SSSR count). The third-order valence-corrected chi connectivity index (χ3v) is 2.96. The minimum atomic E-state index is -1.22. The zero-order chi connectivity index (χ0) is 11.7. The fourth-order valence-electron chi connectivity index (χ4n) is 1.43. The van der Waals surface area contributed by atoms with E-state index in [4.69, 9.17) is 5.73 Å². The Morgan fingerprint density at radius 1 is 1.19 bits per heavy atom. The fraction of sp³-hybridized carbons (Fsp3) is 0.0909. The second-order valence-electron chi connectivity index (χ2n) is 3.33. The number of halogens is 3. The van der Waals surface area contributed by atoms with Gasteiger partial charge >= 0.3 is 0 Å². The molecule has 0 amide bonds. The van der Waals surface area contributed by atoms with Crippen LogP contribution in [0.1, 0.15) is 17.2 Å². The van der Waals surface area contributed by atoms with Gasteiger partial charge in [-0.25, -0.2) is 13.2 Å². The summed E-state index contributed by atoms with van der Waals surface area (Å²) in [6.07, 6.45) is 0. The van der Waals surface area contributed by atoms with Crippen molar-refractivity contribution in [2.24, 2.45) is 5.73 Å². The number of hydrogen-bond donors (Lipinski definition) is 1. The average Bonchev–Trinajstić information content (AvgIpc) is 2.75. The van der Waals surface area contributed by atoms with Gasteiger partial charge in [0.05, 0.1) is 6.04 Å². The molecule has 0 radical (unpaired) electrons. The first kappa shape index (κ1) is 11.2. The van der Waals surface area contributed by atoms with Crippen LogP contribution in [0.4, 0.5) is 13.2 Å². The highest BCUT2D eigenvalue weighted by Gasteiger charge is 2.18. The predicted octanol–water partition coefficient (Wildman–Crippen LogP) is 3.21. The predicted molar refractivity (Wildman–Crippen MR) is 56.7 cm³/mol. The van der Waals surface area contributed by atoms with Gasteiger partial charge in [0, 0.05) is 11.6 Å². The molecule has 0 aliphatic heterocycles. The fourth-order valence-corrected chi connectivity index (χ4v) is 2.13. The lowest BCUT2D eigenvalue weighted by Crippen LogP contribution is -2.14. The van der Waals surface area contributed by atoms with Gasteiger partial charge in [0.1, 0.15) is 5.82 Å². The summed E-state index contributed by atoms with van der Waals surface area (Å²) in [5.74, 6) is -3.15. The van der Waals surface area contributed by atoms with E-state index in [0.717, 1.165) is 6.07 Å². The van der Waals surface area contributed by atoms with E-state index in [1.54, 1.807) is 16.8 Å². The molecule has 0 bridgehead atoms. The summed E-state index contributed by atoms with van der Waals surface area (Å²) in [6.45, 7) is 0. The second-order valence-corrected chi connectivity index (χ2v) is 4.11. The smallest absolute Gasteiger partial charge is 0.164 e. The van der Waals surface area contributed by atoms with E-state index >= 15 is 0 Å². The highest BCUT2D eigenvalue weighted by Crippen LogP contribution is 2.26. The lowest BCUT2D eigenvalue weighted by Gasteiger charge is -2.12. The quantitative estimate of drug-likeness (QED) is 0.805. The molecule has 1 aromatic carbocycles. The maximum absolute atomic E-state index is 13.4. The van der Waals surface area contributed by atoms with Crippen molar-refractivity contribution in [3.63, 3.8) is 0 Å². The van der Waals surface area contributed by atoms with Crippen LogP contribution in [0.5, 0.6) is 0 Å². The van der Waals surface area contributed by atoms with Crippen molar-refractivity contribution in [2.75, 3.05) is 0 Å². The summed E-state index contributed by atoms with van der Waals surface area (Å²) in [6, 6.07) is 2.26. The topological polar surface area (TPSA) is 26.0 Å². The zero-order valence-corrected chi connectivity index (χ0v) is 8.90. The van der Waals surface area contributed by atoms with Crippen molar-refractivity contribution >= 4 is 11.3 Å². The normalized spacial score (nSPS) is 12.8. The lowest BCUT2D eigenvalue weighted by atomic mass is 10.0. The van der Waals surface area contributed by atoms with E-state index in [1.807, 2.05) is 0 Å². The highest BCUT2D eigenvalue weighted by atomic mass is 32.1. The van der Waals surface area contributed by atoms with Crippen molar-refractivity contribution in [1.29, 1.82) is 0 Å². The number of hydrogen-bond acceptors (Lipinski definition) is 2. The molecular weight excluding hydrogens is 235 g/mol. The van der Waals surface area contributed by atoms with Crippen LogP contribution in [-0.2, 0) is 0 Å². The molecule has 0 saturated heterocycles. The van der Waals surface area contributed by atoms with E-state index in [9.17, 15) is 13.2 Å². The van der Waals surface area contributed by atoms with Gasteiger partial charge in [0.25, 0.3) is 0 Å². The van der Waals surface area contributed by atoms with Crippen molar-refractivity contribution in [3.05, 3.63) is 57.5 Å². The minimum absolute atomic E-state index is 0.170. The molecule has 16 heavy (non-hydrogen) atoms. The van der Waals surface area contributed by atoms with E-state index in [-0.39, 0.29) is 5.56 Å². The Morgan fingerprint density at radius 2 is 1.94 bits per heavy atom. The zero-order valence-electron chi connectivity index (χ0n) is 8.08. The van der Waals surface area contributed by atoms with E-state index < -0.39 is 23.5 Å². The van der Waals surface area contributed by atoms with Crippen LogP contribution in [0.15, 0.2) is 29.0 Å². The summed E-state index contributed by atoms with van der Waals surface area (Å²) < 4.78 is 39.3. The lowest BCUT2D eigenvalue weighted by molar-refractivity contribution is 0.480. The summed E-state index contributed by atoms with van der Waals surface area (Å²) >= 11 is 1.39. The number of nitrogens with two attached hydrogens (primary N) is 1. The molecule has 84 valence electrons. The van der Waals surface area contributed by atoms with Crippen LogP contribution in [0.25, 0.3) is 0 Å². The van der Waals surface area contributed by atoms with Gasteiger partial charge in [-0.2, -0.15) is 11.3 Å². The molecule has 1 atom stereocenters. The highest BCUT2D eigenvalue weighted by molar-refractivity contribution is 7.08. The molecule has 0 aliphatic rings. The molecule has 0 saturated carbocycles. The van der Waals surface area contributed by atoms with E-state index in [2.05, 4.69) is 0 Å². The van der Waals surface area contributed by atoms with E-state index in [0.29, 0.717) is 11.6 Å². The first-order valence-corrected chi connectivity index (χ1v) is 5.46. The summed E-state index contributed by atoms with van der Waals surface area (Å²) in [4.78, 5) is 0. The molecule has 2 N–H and O–H groups in total. The van der Waals surface area contributed by atoms with Gasteiger partial charge in [-0.05, 0) is 28.5 Å². The van der Waals surface area contributed by atoms with Crippen LogP contribution in [-0.4, -0.2) is 0 Å². The standard InChI is InChI=1S/C11H8F3NS/c12-7-3-8(10(14)9(13)4-7)11(15)6-1-2-16-5-6/h1-5,11H,15H2/t11-/m1/s1. The van der Waals surface area contributed by atoms with Crippen LogP contribution in [0.3, 0.4) is 0 Å². The average molecular weight is 243 g/mol. The molecular formula is C11H8F3NS. The van der Waals surface area contributed by atoms with Crippen LogP contribution < -0.4 is 5.73 Å². The molecule has 0 aliphatic carbocycles. The summed E-state index contributed by atoms with van der Waals surface area (Å²) in [5.41, 5.74) is 6.20. The Hall–Kier alpha value is -1.33. The van der Waals surface area contributed by atoms with Gasteiger partial charge in [-0.15, -0.1) is 0 Å². The van der Waals surface area contributed by atoms with Gasteiger partial charge in [-0.3, -0.25) is 0 Å². The maximum Gasteiger partial charge on any atom is 0.164 e. The molecule has 2 aromatic rings. The largest absolute Gasteiger partial charge is 0.320 e. The van der Waals surface area contributed by atoms with Gasteiger partial charge in [0.2, 0.25) is 0 Å². The third-order valence-electron chi connectivity index (χ3n) is 2.26. The Balaban J connectivity index is 2.48. The monoisotopic (exact) mass is 243 g/mol. The van der Waals surface area contributed by atoms with Crippen molar-refractivity contribution in [3.8, 4) is 0 Å². The molecule has 1 nitrogen and oxygen atoms in total. The van der Waals surface area contributed by atoms with Crippen LogP contribution in [0.2, 0.25) is 0 Å². The van der Waals surface area contributed by atoms with Crippen molar-refractivity contribution < 1.29 is 13.2 Å². The van der Waals surface area contributed by atoms with Crippen molar-refractivity contribution in [1.82, 2.24) is 0 Å². The molecule has 1 aromatic heterocycles. The van der Waals surface area contributed by atoms with Gasteiger partial charge in [-0.1, -0.05) is 0 Å². The number of thiophene rings is 1. The maximum atomic E-state index is 13.4. The minimum Gasteiger partial charge on any atom is -0.320 e. The molecule has 0 fully saturated rings. The van der Waals surface area contributed by atoms with Crippen LogP contribution >= 0.6 is 11.3 Å². The van der Waals surface area contributed by atoms with Crippen LogP contribution in [0, 0.1) is 17.5 Å². The third kappa shape index (κ3) is 1.96. The Kier molecular flexibility index (Phi) is 2.98. The number of benzene rings is 1. The molecule has 0 unspecified atom stereocenters. The van der Waals surface area contributed by atoms with Gasteiger partial charge in [0.15, 0.2) is 11.6 Å². The molecule has 5 heteroatoms. The first-order chi connectivity index (χ1) is 7.59. The molecule has 1 heterocycles. The van der Waals surface area contributed by atoms with Crippen molar-refractivity contribution in [2.45, 2.75) is 6.04 Å².